The highest BCUT2D eigenvalue weighted by Crippen LogP contribution is 2.17. The molecule has 7 heteroatoms. The number of halogens is 1. The van der Waals surface area contributed by atoms with Crippen molar-refractivity contribution in [1.29, 1.82) is 0 Å². The van der Waals surface area contributed by atoms with Gasteiger partial charge in [-0.3, -0.25) is 4.79 Å². The van der Waals surface area contributed by atoms with Crippen LogP contribution in [0.1, 0.15) is 31.3 Å². The molecule has 2 rings (SSSR count). The molecular formula is C15H20BrN3O3. The molecule has 1 aromatic heterocycles. The highest BCUT2D eigenvalue weighted by molar-refractivity contribution is 9.10. The number of carbonyl (C=O) groups excluding carboxylic acids is 2. The van der Waals surface area contributed by atoms with E-state index in [1.165, 1.54) is 0 Å². The van der Waals surface area contributed by atoms with Crippen LogP contribution in [-0.2, 0) is 9.63 Å². The van der Waals surface area contributed by atoms with Crippen LogP contribution in [0.4, 0.5) is 0 Å². The van der Waals surface area contributed by atoms with Crippen molar-refractivity contribution in [2.24, 2.45) is 5.41 Å². The molecule has 1 aliphatic heterocycles. The van der Waals surface area contributed by atoms with Gasteiger partial charge >= 0.3 is 5.97 Å². The average Bonchev–Trinajstić information content (AvgIpc) is 2.46. The summed E-state index contributed by atoms with van der Waals surface area (Å²) in [6, 6.07) is 5.26. The monoisotopic (exact) mass is 369 g/mol. The second kappa shape index (κ2) is 6.75. The Balaban J connectivity index is 1.89. The molecule has 1 aromatic rings. The smallest absolute Gasteiger partial charge is 0.330 e. The lowest BCUT2D eigenvalue weighted by Crippen LogP contribution is -2.50. The van der Waals surface area contributed by atoms with Crippen LogP contribution in [0.3, 0.4) is 0 Å². The molecule has 0 spiro atoms. The first-order valence-corrected chi connectivity index (χ1v) is 7.96. The van der Waals surface area contributed by atoms with Gasteiger partial charge in [0, 0.05) is 13.1 Å². The number of aromatic nitrogens is 1. The number of pyridine rings is 1. The zero-order valence-corrected chi connectivity index (χ0v) is 14.6. The molecule has 0 aromatic carbocycles. The van der Waals surface area contributed by atoms with E-state index in [1.807, 2.05) is 20.8 Å². The number of nitrogens with zero attached hydrogens (tertiary/aromatic N) is 3. The van der Waals surface area contributed by atoms with E-state index in [-0.39, 0.29) is 11.9 Å². The van der Waals surface area contributed by atoms with Gasteiger partial charge in [0.25, 0.3) is 5.91 Å². The second-order valence-corrected chi connectivity index (χ2v) is 7.01. The van der Waals surface area contributed by atoms with E-state index in [0.717, 1.165) is 0 Å². The second-order valence-electron chi connectivity index (χ2n) is 6.20. The third kappa shape index (κ3) is 4.27. The molecule has 1 fully saturated rings. The summed E-state index contributed by atoms with van der Waals surface area (Å²) in [5.74, 6) is -0.371. The van der Waals surface area contributed by atoms with Gasteiger partial charge in [-0.05, 0) is 48.8 Å². The quantitative estimate of drug-likeness (QED) is 0.747. The van der Waals surface area contributed by atoms with Crippen LogP contribution in [0.15, 0.2) is 22.8 Å². The summed E-state index contributed by atoms with van der Waals surface area (Å²) in [6.07, 6.45) is 0. The van der Waals surface area contributed by atoms with Gasteiger partial charge in [-0.2, -0.15) is 0 Å². The predicted octanol–water partition coefficient (Wildman–Crippen LogP) is 2.11. The normalized spacial score (nSPS) is 16.5. The molecular weight excluding hydrogens is 350 g/mol. The first-order valence-electron chi connectivity index (χ1n) is 7.16. The number of hydrogen-bond donors (Lipinski definition) is 0. The first-order chi connectivity index (χ1) is 10.3. The maximum absolute atomic E-state index is 12.4. The minimum Gasteiger partial charge on any atom is -0.367 e. The molecule has 0 N–H and O–H groups in total. The lowest BCUT2D eigenvalue weighted by molar-refractivity contribution is -0.205. The largest absolute Gasteiger partial charge is 0.367 e. The molecule has 1 aliphatic rings. The molecule has 0 atom stereocenters. The molecule has 6 nitrogen and oxygen atoms in total. The van der Waals surface area contributed by atoms with Gasteiger partial charge in [0.05, 0.1) is 18.5 Å². The highest BCUT2D eigenvalue weighted by Gasteiger charge is 2.29. The molecule has 22 heavy (non-hydrogen) atoms. The zero-order valence-electron chi connectivity index (χ0n) is 13.0. The molecule has 2 heterocycles. The van der Waals surface area contributed by atoms with Crippen LogP contribution in [0.25, 0.3) is 0 Å². The fourth-order valence-electron chi connectivity index (χ4n) is 1.93. The van der Waals surface area contributed by atoms with Crippen molar-refractivity contribution < 1.29 is 14.4 Å². The van der Waals surface area contributed by atoms with Crippen LogP contribution in [-0.4, -0.2) is 53.0 Å². The molecule has 0 unspecified atom stereocenters. The van der Waals surface area contributed by atoms with Gasteiger partial charge in [0.1, 0.15) is 10.3 Å². The van der Waals surface area contributed by atoms with Gasteiger partial charge in [-0.1, -0.05) is 6.07 Å². The Morgan fingerprint density at radius 3 is 2.36 bits per heavy atom. The Bertz CT molecular complexity index is 563. The van der Waals surface area contributed by atoms with Crippen molar-refractivity contribution >= 4 is 27.8 Å². The summed E-state index contributed by atoms with van der Waals surface area (Å²) in [6.45, 7) is 7.45. The molecule has 0 aliphatic carbocycles. The minimum absolute atomic E-state index is 0.108. The standard InChI is InChI=1S/C15H20BrN3O3/c1-15(2,3)14(21)22-19-9-7-18(8-10-19)13(20)11-5-4-6-12(16)17-11/h4-6H,7-10H2,1-3H3. The van der Waals surface area contributed by atoms with Crippen LogP contribution in [0, 0.1) is 5.41 Å². The van der Waals surface area contributed by atoms with Crippen LogP contribution in [0.5, 0.6) is 0 Å². The van der Waals surface area contributed by atoms with Crippen LogP contribution < -0.4 is 0 Å². The number of piperazine rings is 1. The number of hydroxylamine groups is 2. The van der Waals surface area contributed by atoms with Crippen molar-refractivity contribution in [3.05, 3.63) is 28.5 Å². The van der Waals surface area contributed by atoms with E-state index in [0.29, 0.717) is 36.5 Å². The van der Waals surface area contributed by atoms with Crippen molar-refractivity contribution in [1.82, 2.24) is 14.9 Å². The van der Waals surface area contributed by atoms with Gasteiger partial charge in [-0.25, -0.2) is 9.78 Å². The topological polar surface area (TPSA) is 62.7 Å². The SMILES string of the molecule is CC(C)(C)C(=O)ON1CCN(C(=O)c2cccc(Br)n2)CC1. The number of carbonyl (C=O) groups is 2. The summed E-state index contributed by atoms with van der Waals surface area (Å²) in [5.41, 5.74) is -0.123. The lowest BCUT2D eigenvalue weighted by Gasteiger charge is -2.34. The number of hydrogen-bond acceptors (Lipinski definition) is 5. The minimum atomic E-state index is -0.535. The summed E-state index contributed by atoms with van der Waals surface area (Å²) in [4.78, 5) is 35.4. The third-order valence-corrected chi connectivity index (χ3v) is 3.73. The third-order valence-electron chi connectivity index (χ3n) is 3.28. The fourth-order valence-corrected chi connectivity index (χ4v) is 2.27. The van der Waals surface area contributed by atoms with E-state index in [9.17, 15) is 9.59 Å². The van der Waals surface area contributed by atoms with Gasteiger partial charge in [0.15, 0.2) is 0 Å². The van der Waals surface area contributed by atoms with Crippen LogP contribution >= 0.6 is 15.9 Å². The summed E-state index contributed by atoms with van der Waals surface area (Å²) in [7, 11) is 0. The highest BCUT2D eigenvalue weighted by atomic mass is 79.9. The summed E-state index contributed by atoms with van der Waals surface area (Å²) < 4.78 is 0.635. The first kappa shape index (κ1) is 16.9. The lowest BCUT2D eigenvalue weighted by atomic mass is 9.98. The van der Waals surface area contributed by atoms with Gasteiger partial charge in [-0.15, -0.1) is 5.06 Å². The van der Waals surface area contributed by atoms with E-state index in [1.54, 1.807) is 28.2 Å². The van der Waals surface area contributed by atoms with Gasteiger partial charge < -0.3 is 9.74 Å². The van der Waals surface area contributed by atoms with Crippen molar-refractivity contribution in [3.8, 4) is 0 Å². The van der Waals surface area contributed by atoms with Crippen molar-refractivity contribution in [3.63, 3.8) is 0 Å². The Morgan fingerprint density at radius 2 is 1.82 bits per heavy atom. The average molecular weight is 370 g/mol. The van der Waals surface area contributed by atoms with E-state index in [2.05, 4.69) is 20.9 Å². The molecule has 120 valence electrons. The Morgan fingerprint density at radius 1 is 1.18 bits per heavy atom. The van der Waals surface area contributed by atoms with E-state index in [4.69, 9.17) is 4.84 Å². The molecule has 0 bridgehead atoms. The number of amides is 1. The summed E-state index contributed by atoms with van der Waals surface area (Å²) in [5, 5.41) is 1.62. The van der Waals surface area contributed by atoms with E-state index < -0.39 is 5.41 Å². The Hall–Kier alpha value is -1.47. The zero-order chi connectivity index (χ0) is 16.3. The van der Waals surface area contributed by atoms with Crippen molar-refractivity contribution in [2.45, 2.75) is 20.8 Å². The Kier molecular flexibility index (Phi) is 5.18. The summed E-state index contributed by atoms with van der Waals surface area (Å²) >= 11 is 3.26. The Labute approximate surface area is 138 Å². The maximum Gasteiger partial charge on any atom is 0.330 e. The number of rotatable bonds is 2. The van der Waals surface area contributed by atoms with Crippen LogP contribution in [0.2, 0.25) is 0 Å². The molecule has 0 saturated carbocycles. The molecule has 1 saturated heterocycles. The molecule has 0 radical (unpaired) electrons. The fraction of sp³-hybridized carbons (Fsp3) is 0.533. The maximum atomic E-state index is 12.4. The van der Waals surface area contributed by atoms with Gasteiger partial charge in [0.2, 0.25) is 0 Å². The predicted molar refractivity (Wildman–Crippen MR) is 85.0 cm³/mol. The molecule has 1 amide bonds. The van der Waals surface area contributed by atoms with Crippen molar-refractivity contribution in [2.75, 3.05) is 26.2 Å². The van der Waals surface area contributed by atoms with E-state index >= 15 is 0 Å².